The highest BCUT2D eigenvalue weighted by Crippen LogP contribution is 2.39. The van der Waals surface area contributed by atoms with Gasteiger partial charge in [-0.3, -0.25) is 24.5 Å². The molecule has 3 saturated heterocycles. The number of carbonyl (C=O) groups excluding carboxylic acids is 7. The Morgan fingerprint density at radius 2 is 0.992 bits per heavy atom. The summed E-state index contributed by atoms with van der Waals surface area (Å²) in [6.45, 7) is 58.5. The molecule has 35 heteroatoms. The first-order valence-corrected chi connectivity index (χ1v) is 47.1. The monoisotopic (exact) mass is 1870 g/mol. The van der Waals surface area contributed by atoms with Crippen molar-refractivity contribution in [3.05, 3.63) is 158 Å². The second-order valence-electron chi connectivity index (χ2n) is 41.9. The Balaban J connectivity index is 0.000000175. The Labute approximate surface area is 790 Å². The van der Waals surface area contributed by atoms with Gasteiger partial charge in [0.1, 0.15) is 51.4 Å². The van der Waals surface area contributed by atoms with E-state index in [9.17, 15) is 38.0 Å². The van der Waals surface area contributed by atoms with Gasteiger partial charge in [0, 0.05) is 99.8 Å². The van der Waals surface area contributed by atoms with Gasteiger partial charge in [0.05, 0.1) is 113 Å². The van der Waals surface area contributed by atoms with Crippen LogP contribution in [-0.2, 0) is 101 Å². The van der Waals surface area contributed by atoms with Crippen molar-refractivity contribution in [1.82, 2.24) is 74.3 Å². The van der Waals surface area contributed by atoms with Gasteiger partial charge in [0.2, 0.25) is 5.95 Å². The molecule has 15 rings (SSSR count). The molecule has 0 spiro atoms. The van der Waals surface area contributed by atoms with Crippen molar-refractivity contribution < 1.29 is 80.6 Å². The number of halogens is 1. The number of carbonyl (C=O) groups is 7. The molecule has 0 aliphatic carbocycles. The van der Waals surface area contributed by atoms with E-state index >= 15 is 0 Å². The van der Waals surface area contributed by atoms with Gasteiger partial charge in [0.25, 0.3) is 0 Å². The summed E-state index contributed by atoms with van der Waals surface area (Å²) in [5.41, 5.74) is 13.5. The number of nitrogen functional groups attached to an aromatic ring is 1. The molecule has 33 nitrogen and oxygen atoms in total. The number of morpholine rings is 2. The second kappa shape index (κ2) is 45.8. The van der Waals surface area contributed by atoms with Crippen LogP contribution in [0, 0.1) is 5.82 Å². The predicted molar refractivity (Wildman–Crippen MR) is 509 cm³/mol. The second-order valence-corrected chi connectivity index (χ2v) is 42.9. The highest BCUT2D eigenvalue weighted by molar-refractivity contribution is 7.15. The molecule has 3 aromatic carbocycles. The van der Waals surface area contributed by atoms with Gasteiger partial charge in [0.15, 0.2) is 5.13 Å². The number of benzene rings is 3. The van der Waals surface area contributed by atoms with Crippen LogP contribution in [0.1, 0.15) is 257 Å². The van der Waals surface area contributed by atoms with E-state index in [1.54, 1.807) is 54.3 Å². The Kier molecular flexibility index (Phi) is 36.6. The van der Waals surface area contributed by atoms with Crippen molar-refractivity contribution >= 4 is 65.1 Å². The zero-order valence-corrected chi connectivity index (χ0v) is 84.3. The molecule has 12 heterocycles. The van der Waals surface area contributed by atoms with Crippen LogP contribution < -0.4 is 16.4 Å². The minimum Gasteiger partial charge on any atom is -0.444 e. The van der Waals surface area contributed by atoms with Gasteiger partial charge in [-0.05, 0) is 232 Å². The van der Waals surface area contributed by atoms with Crippen molar-refractivity contribution in [3.63, 3.8) is 0 Å². The number of nitrogens with zero attached hydrogens (tertiary/aromatic N) is 14. The maximum absolute atomic E-state index is 13.8. The number of amides is 7. The number of hydrogen-bond acceptors (Lipinski definition) is 27. The van der Waals surface area contributed by atoms with Crippen molar-refractivity contribution in [3.8, 4) is 0 Å². The first-order valence-electron chi connectivity index (χ1n) is 46.3. The van der Waals surface area contributed by atoms with Gasteiger partial charge in [-0.1, -0.05) is 67.6 Å². The maximum Gasteiger partial charge on any atom is 0.411 e. The molecule has 5 atom stereocenters. The molecule has 0 bridgehead atoms. The fourth-order valence-electron chi connectivity index (χ4n) is 15.9. The van der Waals surface area contributed by atoms with E-state index in [2.05, 4.69) is 95.6 Å². The van der Waals surface area contributed by atoms with E-state index in [-0.39, 0.29) is 84.7 Å². The molecule has 6 aromatic rings. The number of nitrogens with one attached hydrogen (secondary N) is 2. The van der Waals surface area contributed by atoms with Crippen LogP contribution in [0.2, 0.25) is 0 Å². The van der Waals surface area contributed by atoms with Gasteiger partial charge in [-0.25, -0.2) is 62.9 Å². The minimum absolute atomic E-state index is 0.0444. The smallest absolute Gasteiger partial charge is 0.411 e. The average Bonchev–Trinajstić information content (AvgIpc) is 1.78. The first-order chi connectivity index (χ1) is 62.0. The lowest BCUT2D eigenvalue weighted by molar-refractivity contribution is -0.00229. The lowest BCUT2D eigenvalue weighted by atomic mass is 9.91. The summed E-state index contributed by atoms with van der Waals surface area (Å²) in [6.07, 6.45) is 6.14. The van der Waals surface area contributed by atoms with Crippen LogP contribution in [0.15, 0.2) is 85.5 Å². The van der Waals surface area contributed by atoms with E-state index in [1.807, 2.05) is 194 Å². The number of hydrogen-bond donors (Lipinski definition) is 3. The number of nitrogens with two attached hydrogens (primary N) is 1. The van der Waals surface area contributed by atoms with Gasteiger partial charge < -0.3 is 78.6 Å². The molecule has 3 aromatic heterocycles. The summed E-state index contributed by atoms with van der Waals surface area (Å²) in [5, 5.41) is 7.61. The standard InChI is InChI=1S/C19H28N2O3.C16H22FNO2.C16H24N2O2.C14H23N3O2S.C11H16N4O2.C11H15N3O2.C11H20N2O3/c1-19(2,3)24-18(22)21-9-8-15-6-4-5-7-16(15)17(21)14-20-10-12-23-13-11-20;1-5-14-12-7-6-8-13(17)11(12)9-10-18(14)15(19)20-16(2,3)4;1-16(2,3)20-15(19)18-10-12-8-6-7-9-13(12)14(18)11-17(4)5;1-9(2)15-12-16-10-8-17(7-6-11(10)20-12)13(18)19-14(3,4)5;1-11(2,3)17-10(16)15-5-7-4-13-9(12)14-8(7)6-15;1-11(2,3)16-10(15)14-5-8-4-12-7-13-9(8)6-14;1-11(2,3)16-10(14)13-6-8-9(7-13)15-5-4-12-8/h4-7,17H,8-14H2,1-3H3;6-8,14H,5,9-10H2,1-4H3;6-9,14H,10-11H2,1-5H3;9H,6-8H2,1-5H3,(H,15,16);4H,5-6H2,1-3H3,(H2,12,13,14);4,7H,5-6H2,1-3H3;8-9,12H,4-7H2,1-3H3. The Morgan fingerprint density at radius 1 is 0.504 bits per heavy atom. The summed E-state index contributed by atoms with van der Waals surface area (Å²) < 4.78 is 62.9. The number of aromatic nitrogens is 5. The predicted octanol–water partition coefficient (Wildman–Crippen LogP) is 16.9. The lowest BCUT2D eigenvalue weighted by Crippen LogP contribution is -2.48. The Bertz CT molecular complexity index is 4850. The third-order valence-corrected chi connectivity index (χ3v) is 22.6. The molecule has 4 N–H and O–H groups in total. The van der Waals surface area contributed by atoms with Crippen LogP contribution in [-0.4, -0.2) is 268 Å². The molecule has 0 radical (unpaired) electrons. The van der Waals surface area contributed by atoms with E-state index in [1.165, 1.54) is 39.5 Å². The summed E-state index contributed by atoms with van der Waals surface area (Å²) in [7, 11) is 4.04. The number of thiazole rings is 1. The van der Waals surface area contributed by atoms with Crippen LogP contribution in [0.4, 0.5) is 49.0 Å². The van der Waals surface area contributed by atoms with E-state index in [4.69, 9.17) is 48.4 Å². The normalized spacial score (nSPS) is 19.1. The van der Waals surface area contributed by atoms with Crippen molar-refractivity contribution in [2.24, 2.45) is 0 Å². The molecule has 734 valence electrons. The number of ether oxygens (including phenoxy) is 9. The van der Waals surface area contributed by atoms with Crippen LogP contribution in [0.3, 0.4) is 0 Å². The molecular formula is C98H148FN17O16S. The Morgan fingerprint density at radius 3 is 1.53 bits per heavy atom. The van der Waals surface area contributed by atoms with Crippen molar-refractivity contribution in [2.45, 2.75) is 307 Å². The summed E-state index contributed by atoms with van der Waals surface area (Å²) in [6, 6.07) is 22.4. The Hall–Kier alpha value is -10.3. The number of likely N-dealkylation sites (tertiary alicyclic amines) is 1. The van der Waals surface area contributed by atoms with Gasteiger partial charge in [-0.15, -0.1) is 11.3 Å². The van der Waals surface area contributed by atoms with Crippen molar-refractivity contribution in [1.29, 1.82) is 0 Å². The third kappa shape index (κ3) is 33.3. The van der Waals surface area contributed by atoms with E-state index in [0.717, 1.165) is 116 Å². The third-order valence-electron chi connectivity index (χ3n) is 21.5. The molecule has 9 aliphatic rings. The molecule has 3 fully saturated rings. The number of fused-ring (bicyclic) bond motifs is 7. The SMILES string of the molecule is CC(C)(C)OC(=O)N1CC2NCCOC2C1.CC(C)(C)OC(=O)N1CCc2ccccc2C1CN1CCOCC1.CC(C)(C)OC(=O)N1Cc2cnc(N)nc2C1.CC(C)(C)OC(=O)N1Cc2cncnc2C1.CC(C)Nc1nc2c(s1)CCN(C(=O)OC(C)(C)C)C2.CCC1c2cccc(F)c2CCN1C(=O)OC(C)(C)C.CN(C)CC1c2ccccc2CN1C(=O)OC(C)(C)C. The van der Waals surface area contributed by atoms with Gasteiger partial charge >= 0.3 is 42.7 Å². The summed E-state index contributed by atoms with van der Waals surface area (Å²) in [5.74, 6) is 0.0552. The number of rotatable bonds is 7. The number of likely N-dealkylation sites (N-methyl/N-ethyl adjacent to an activating group) is 1. The molecule has 9 aliphatic heterocycles. The van der Waals surface area contributed by atoms with E-state index < -0.39 is 39.2 Å². The van der Waals surface area contributed by atoms with Crippen LogP contribution in [0.25, 0.3) is 0 Å². The van der Waals surface area contributed by atoms with Gasteiger partial charge in [-0.2, -0.15) is 0 Å². The quantitative estimate of drug-likeness (QED) is 0.125. The topological polar surface area (TPSA) is 346 Å². The largest absolute Gasteiger partial charge is 0.444 e. The lowest BCUT2D eigenvalue weighted by Gasteiger charge is -2.41. The zero-order valence-electron chi connectivity index (χ0n) is 83.5. The van der Waals surface area contributed by atoms with Crippen LogP contribution >= 0.6 is 11.3 Å². The van der Waals surface area contributed by atoms with Crippen LogP contribution in [0.5, 0.6) is 0 Å². The minimum atomic E-state index is -0.516. The highest BCUT2D eigenvalue weighted by Gasteiger charge is 2.43. The molecule has 7 amide bonds. The molecule has 133 heavy (non-hydrogen) atoms. The molecule has 0 saturated carbocycles. The highest BCUT2D eigenvalue weighted by atomic mass is 32.1. The summed E-state index contributed by atoms with van der Waals surface area (Å²) in [4.78, 5) is 123. The molecule has 5 unspecified atom stereocenters. The zero-order chi connectivity index (χ0) is 98.0. The number of anilines is 2. The first kappa shape index (κ1) is 106. The average molecular weight is 1870 g/mol. The summed E-state index contributed by atoms with van der Waals surface area (Å²) >= 11 is 1.69. The molecular weight excluding hydrogens is 1720 g/mol. The fraction of sp³-hybridized carbons (Fsp3) is 0.633. The maximum atomic E-state index is 13.8. The van der Waals surface area contributed by atoms with E-state index in [0.29, 0.717) is 84.5 Å². The van der Waals surface area contributed by atoms with Crippen molar-refractivity contribution in [2.75, 3.05) is 110 Å². The fourth-order valence-corrected chi connectivity index (χ4v) is 17.0.